The van der Waals surface area contributed by atoms with Crippen LogP contribution in [-0.4, -0.2) is 49.5 Å². The predicted octanol–water partition coefficient (Wildman–Crippen LogP) is 4.34. The van der Waals surface area contributed by atoms with E-state index in [1.165, 1.54) is 0 Å². The average molecular weight is 407 g/mol. The second kappa shape index (κ2) is 11.5. The van der Waals surface area contributed by atoms with Crippen LogP contribution in [0.3, 0.4) is 0 Å². The SMILES string of the molecule is CCOCCOc1c(Cl)cccc1NC(=O)N(C)[C@@H](CCO)c1ccccc1. The van der Waals surface area contributed by atoms with Crippen molar-refractivity contribution in [2.45, 2.75) is 19.4 Å². The summed E-state index contributed by atoms with van der Waals surface area (Å²) in [6, 6.07) is 14.2. The minimum absolute atomic E-state index is 0.0276. The highest BCUT2D eigenvalue weighted by atomic mass is 35.5. The lowest BCUT2D eigenvalue weighted by atomic mass is 10.0. The highest BCUT2D eigenvalue weighted by Gasteiger charge is 2.22. The first-order valence-electron chi connectivity index (χ1n) is 9.27. The summed E-state index contributed by atoms with van der Waals surface area (Å²) < 4.78 is 11.0. The molecule has 2 amide bonds. The largest absolute Gasteiger partial charge is 0.487 e. The Morgan fingerprint density at radius 1 is 1.18 bits per heavy atom. The number of aliphatic hydroxyl groups is 1. The van der Waals surface area contributed by atoms with Crippen molar-refractivity contribution in [3.8, 4) is 5.75 Å². The molecule has 0 aliphatic carbocycles. The van der Waals surface area contributed by atoms with Gasteiger partial charge in [0.2, 0.25) is 0 Å². The van der Waals surface area contributed by atoms with Gasteiger partial charge in [-0.3, -0.25) is 0 Å². The fourth-order valence-corrected chi connectivity index (χ4v) is 3.06. The summed E-state index contributed by atoms with van der Waals surface area (Å²) in [5, 5.41) is 12.7. The van der Waals surface area contributed by atoms with Crippen molar-refractivity contribution < 1.29 is 19.4 Å². The molecule has 0 aliphatic heterocycles. The van der Waals surface area contributed by atoms with E-state index in [1.54, 1.807) is 30.1 Å². The number of halogens is 1. The number of rotatable bonds is 10. The van der Waals surface area contributed by atoms with Crippen molar-refractivity contribution in [1.82, 2.24) is 4.90 Å². The maximum atomic E-state index is 12.9. The van der Waals surface area contributed by atoms with Crippen LogP contribution < -0.4 is 10.1 Å². The Balaban J connectivity index is 2.13. The molecule has 0 unspecified atom stereocenters. The lowest BCUT2D eigenvalue weighted by Crippen LogP contribution is -2.35. The molecule has 7 heteroatoms. The maximum Gasteiger partial charge on any atom is 0.322 e. The molecule has 6 nitrogen and oxygen atoms in total. The van der Waals surface area contributed by atoms with Crippen LogP contribution in [0.1, 0.15) is 24.9 Å². The summed E-state index contributed by atoms with van der Waals surface area (Å²) in [6.45, 7) is 3.24. The van der Waals surface area contributed by atoms with E-state index in [2.05, 4.69) is 5.32 Å². The number of para-hydroxylation sites is 1. The van der Waals surface area contributed by atoms with Gasteiger partial charge in [-0.2, -0.15) is 0 Å². The van der Waals surface area contributed by atoms with Crippen LogP contribution in [0.25, 0.3) is 0 Å². The van der Waals surface area contributed by atoms with Crippen molar-refractivity contribution in [3.63, 3.8) is 0 Å². The zero-order chi connectivity index (χ0) is 20.4. The van der Waals surface area contributed by atoms with Gasteiger partial charge in [0, 0.05) is 20.3 Å². The van der Waals surface area contributed by atoms with Crippen molar-refractivity contribution in [1.29, 1.82) is 0 Å². The van der Waals surface area contributed by atoms with Crippen LogP contribution in [-0.2, 0) is 4.74 Å². The number of urea groups is 1. The Hall–Kier alpha value is -2.28. The lowest BCUT2D eigenvalue weighted by Gasteiger charge is -2.28. The topological polar surface area (TPSA) is 71.0 Å². The molecule has 0 saturated heterocycles. The zero-order valence-corrected chi connectivity index (χ0v) is 17.0. The Morgan fingerprint density at radius 2 is 1.93 bits per heavy atom. The van der Waals surface area contributed by atoms with Gasteiger partial charge in [0.1, 0.15) is 6.61 Å². The van der Waals surface area contributed by atoms with Crippen LogP contribution in [0.5, 0.6) is 5.75 Å². The van der Waals surface area contributed by atoms with E-state index in [4.69, 9.17) is 21.1 Å². The highest BCUT2D eigenvalue weighted by Crippen LogP contribution is 2.33. The number of nitrogens with one attached hydrogen (secondary N) is 1. The van der Waals surface area contributed by atoms with Gasteiger partial charge in [-0.1, -0.05) is 48.0 Å². The number of aliphatic hydroxyl groups excluding tert-OH is 1. The smallest absolute Gasteiger partial charge is 0.322 e. The molecular weight excluding hydrogens is 380 g/mol. The fraction of sp³-hybridized carbons (Fsp3) is 0.381. The van der Waals surface area contributed by atoms with Crippen LogP contribution in [0.15, 0.2) is 48.5 Å². The van der Waals surface area contributed by atoms with E-state index in [9.17, 15) is 9.90 Å². The van der Waals surface area contributed by atoms with E-state index in [0.29, 0.717) is 42.7 Å². The molecule has 0 bridgehead atoms. The van der Waals surface area contributed by atoms with Gasteiger partial charge in [0.05, 0.1) is 23.4 Å². The molecule has 0 spiro atoms. The molecule has 0 fully saturated rings. The summed E-state index contributed by atoms with van der Waals surface area (Å²) in [6.07, 6.45) is 0.432. The number of amides is 2. The molecule has 0 saturated carbocycles. The van der Waals surface area contributed by atoms with Crippen molar-refractivity contribution in [3.05, 3.63) is 59.1 Å². The molecule has 2 aromatic carbocycles. The van der Waals surface area contributed by atoms with E-state index >= 15 is 0 Å². The Morgan fingerprint density at radius 3 is 2.61 bits per heavy atom. The molecular formula is C21H27ClN2O4. The summed E-state index contributed by atoms with van der Waals surface area (Å²) in [5.74, 6) is 0.407. The number of hydrogen-bond donors (Lipinski definition) is 2. The van der Waals surface area contributed by atoms with Crippen LogP contribution in [0, 0.1) is 0 Å². The predicted molar refractivity (Wildman–Crippen MR) is 111 cm³/mol. The summed E-state index contributed by atoms with van der Waals surface area (Å²) in [5.41, 5.74) is 1.44. The van der Waals surface area contributed by atoms with Gasteiger partial charge in [-0.25, -0.2) is 4.79 Å². The van der Waals surface area contributed by atoms with E-state index < -0.39 is 0 Å². The third kappa shape index (κ3) is 6.12. The Kier molecular flexibility index (Phi) is 9.07. The third-order valence-corrected chi connectivity index (χ3v) is 4.56. The minimum Gasteiger partial charge on any atom is -0.487 e. The molecule has 2 N–H and O–H groups in total. The second-order valence-electron chi connectivity index (χ2n) is 6.14. The van der Waals surface area contributed by atoms with Crippen LogP contribution in [0.2, 0.25) is 5.02 Å². The molecule has 0 aliphatic rings. The molecule has 1 atom stereocenters. The summed E-state index contributed by atoms with van der Waals surface area (Å²) >= 11 is 6.25. The second-order valence-corrected chi connectivity index (χ2v) is 6.55. The van der Waals surface area contributed by atoms with E-state index in [1.807, 2.05) is 37.3 Å². The number of ether oxygens (including phenoxy) is 2. The van der Waals surface area contributed by atoms with Gasteiger partial charge in [-0.05, 0) is 31.0 Å². The van der Waals surface area contributed by atoms with Crippen LogP contribution in [0.4, 0.5) is 10.5 Å². The fourth-order valence-electron chi connectivity index (χ4n) is 2.83. The van der Waals surface area contributed by atoms with Gasteiger partial charge >= 0.3 is 6.03 Å². The standard InChI is InChI=1S/C21H27ClN2O4/c1-3-27-14-15-28-20-17(22)10-7-11-18(20)23-21(26)24(2)19(12-13-25)16-8-5-4-6-9-16/h4-11,19,25H,3,12-15H2,1-2H3,(H,23,26)/t19-/m0/s1. The van der Waals surface area contributed by atoms with E-state index in [-0.39, 0.29) is 18.7 Å². The quantitative estimate of drug-likeness (QED) is 0.575. The molecule has 2 rings (SSSR count). The number of hydrogen-bond acceptors (Lipinski definition) is 4. The minimum atomic E-state index is -0.320. The number of nitrogens with zero attached hydrogens (tertiary/aromatic N) is 1. The Labute approximate surface area is 171 Å². The van der Waals surface area contributed by atoms with Crippen LogP contribution >= 0.6 is 11.6 Å². The van der Waals surface area contributed by atoms with Gasteiger partial charge in [-0.15, -0.1) is 0 Å². The molecule has 2 aromatic rings. The highest BCUT2D eigenvalue weighted by molar-refractivity contribution is 6.32. The molecule has 0 aromatic heterocycles. The third-order valence-electron chi connectivity index (χ3n) is 4.26. The maximum absolute atomic E-state index is 12.9. The number of carbonyl (C=O) groups is 1. The van der Waals surface area contributed by atoms with Gasteiger partial charge < -0.3 is 24.8 Å². The number of benzene rings is 2. The average Bonchev–Trinajstić information content (AvgIpc) is 2.71. The van der Waals surface area contributed by atoms with Gasteiger partial charge in [0.25, 0.3) is 0 Å². The molecule has 28 heavy (non-hydrogen) atoms. The number of anilines is 1. The van der Waals surface area contributed by atoms with Crippen molar-refractivity contribution in [2.24, 2.45) is 0 Å². The molecule has 0 radical (unpaired) electrons. The summed E-state index contributed by atoms with van der Waals surface area (Å²) in [4.78, 5) is 14.4. The van der Waals surface area contributed by atoms with Crippen molar-refractivity contribution >= 4 is 23.3 Å². The first kappa shape index (κ1) is 22.0. The first-order chi connectivity index (χ1) is 13.6. The zero-order valence-electron chi connectivity index (χ0n) is 16.2. The summed E-state index contributed by atoms with van der Waals surface area (Å²) in [7, 11) is 1.70. The van der Waals surface area contributed by atoms with Crippen molar-refractivity contribution in [2.75, 3.05) is 38.8 Å². The van der Waals surface area contributed by atoms with Gasteiger partial charge in [0.15, 0.2) is 5.75 Å². The number of carbonyl (C=O) groups excluding carboxylic acids is 1. The van der Waals surface area contributed by atoms with E-state index in [0.717, 1.165) is 5.56 Å². The lowest BCUT2D eigenvalue weighted by molar-refractivity contribution is 0.110. The normalized spacial score (nSPS) is 11.7. The monoisotopic (exact) mass is 406 g/mol. The molecule has 152 valence electrons. The first-order valence-corrected chi connectivity index (χ1v) is 9.65. The Bertz CT molecular complexity index is 742. The molecule has 0 heterocycles.